The molecule has 0 spiro atoms. The SMILES string of the molecule is Cc1ccc(C(=O)Cc2nc(-c3ccccc3)cs2)o1. The van der Waals surface area contributed by atoms with Crippen molar-refractivity contribution in [1.82, 2.24) is 4.98 Å². The molecule has 0 unspecified atom stereocenters. The van der Waals surface area contributed by atoms with Crippen molar-refractivity contribution in [3.63, 3.8) is 0 Å². The molecule has 20 heavy (non-hydrogen) atoms. The number of carbonyl (C=O) groups excluding carboxylic acids is 1. The molecule has 0 fully saturated rings. The Kier molecular flexibility index (Phi) is 3.48. The molecule has 2 aromatic heterocycles. The van der Waals surface area contributed by atoms with E-state index in [0.29, 0.717) is 5.76 Å². The first-order valence-electron chi connectivity index (χ1n) is 6.32. The number of hydrogen-bond acceptors (Lipinski definition) is 4. The minimum Gasteiger partial charge on any atom is -0.458 e. The van der Waals surface area contributed by atoms with E-state index in [9.17, 15) is 4.79 Å². The van der Waals surface area contributed by atoms with Crippen LogP contribution in [-0.4, -0.2) is 10.8 Å². The van der Waals surface area contributed by atoms with Crippen LogP contribution in [0.2, 0.25) is 0 Å². The molecule has 4 heteroatoms. The Morgan fingerprint density at radius 1 is 1.20 bits per heavy atom. The topological polar surface area (TPSA) is 43.1 Å². The summed E-state index contributed by atoms with van der Waals surface area (Å²) >= 11 is 1.50. The van der Waals surface area contributed by atoms with Gasteiger partial charge in [-0.15, -0.1) is 11.3 Å². The second-order valence-electron chi connectivity index (χ2n) is 4.50. The van der Waals surface area contributed by atoms with Crippen LogP contribution in [0.5, 0.6) is 0 Å². The number of hydrogen-bond donors (Lipinski definition) is 0. The van der Waals surface area contributed by atoms with Gasteiger partial charge in [0.1, 0.15) is 10.8 Å². The van der Waals surface area contributed by atoms with Gasteiger partial charge in [0.2, 0.25) is 5.78 Å². The van der Waals surface area contributed by atoms with Gasteiger partial charge >= 0.3 is 0 Å². The molecule has 0 aliphatic heterocycles. The standard InChI is InChI=1S/C16H13NO2S/c1-11-7-8-15(19-11)14(18)9-16-17-13(10-20-16)12-5-3-2-4-6-12/h2-8,10H,9H2,1H3. The molecular weight excluding hydrogens is 270 g/mol. The Morgan fingerprint density at radius 3 is 2.70 bits per heavy atom. The van der Waals surface area contributed by atoms with E-state index in [2.05, 4.69) is 4.98 Å². The summed E-state index contributed by atoms with van der Waals surface area (Å²) in [5.74, 6) is 1.11. The van der Waals surface area contributed by atoms with E-state index in [1.165, 1.54) is 11.3 Å². The van der Waals surface area contributed by atoms with Crippen LogP contribution in [0.3, 0.4) is 0 Å². The first kappa shape index (κ1) is 12.8. The number of ketones is 1. The van der Waals surface area contributed by atoms with E-state index >= 15 is 0 Å². The average Bonchev–Trinajstić information content (AvgIpc) is 3.09. The zero-order chi connectivity index (χ0) is 13.9. The van der Waals surface area contributed by atoms with E-state index in [-0.39, 0.29) is 12.2 Å². The molecule has 3 rings (SSSR count). The van der Waals surface area contributed by atoms with Crippen LogP contribution in [0.4, 0.5) is 0 Å². The summed E-state index contributed by atoms with van der Waals surface area (Å²) in [7, 11) is 0. The van der Waals surface area contributed by atoms with Gasteiger partial charge in [-0.25, -0.2) is 4.98 Å². The van der Waals surface area contributed by atoms with Crippen LogP contribution < -0.4 is 0 Å². The summed E-state index contributed by atoms with van der Waals surface area (Å²) in [5.41, 5.74) is 1.98. The summed E-state index contributed by atoms with van der Waals surface area (Å²) < 4.78 is 5.34. The van der Waals surface area contributed by atoms with Gasteiger partial charge < -0.3 is 4.42 Å². The van der Waals surface area contributed by atoms with E-state index in [1.54, 1.807) is 12.1 Å². The minimum atomic E-state index is -0.0351. The molecular formula is C16H13NO2S. The highest BCUT2D eigenvalue weighted by molar-refractivity contribution is 7.10. The number of carbonyl (C=O) groups is 1. The highest BCUT2D eigenvalue weighted by Gasteiger charge is 2.13. The van der Waals surface area contributed by atoms with Crippen molar-refractivity contribution in [1.29, 1.82) is 0 Å². The Labute approximate surface area is 120 Å². The summed E-state index contributed by atoms with van der Waals surface area (Å²) in [6.45, 7) is 1.83. The second kappa shape index (κ2) is 5.43. The van der Waals surface area contributed by atoms with E-state index in [1.807, 2.05) is 42.6 Å². The number of nitrogens with zero attached hydrogens (tertiary/aromatic N) is 1. The average molecular weight is 283 g/mol. The molecule has 0 atom stereocenters. The lowest BCUT2D eigenvalue weighted by molar-refractivity contribution is 0.0965. The molecule has 0 saturated carbocycles. The molecule has 0 amide bonds. The molecule has 0 aliphatic rings. The second-order valence-corrected chi connectivity index (χ2v) is 5.45. The van der Waals surface area contributed by atoms with Crippen molar-refractivity contribution in [3.05, 3.63) is 64.4 Å². The van der Waals surface area contributed by atoms with Gasteiger partial charge in [-0.1, -0.05) is 30.3 Å². The summed E-state index contributed by atoms with van der Waals surface area (Å²) in [6, 6.07) is 13.5. The van der Waals surface area contributed by atoms with Gasteiger partial charge in [-0.2, -0.15) is 0 Å². The lowest BCUT2D eigenvalue weighted by Gasteiger charge is -1.95. The third-order valence-corrected chi connectivity index (χ3v) is 3.80. The maximum atomic E-state index is 12.0. The number of Topliss-reactive ketones (excluding diaryl/α,β-unsaturated/α-hetero) is 1. The molecule has 3 aromatic rings. The number of rotatable bonds is 4. The highest BCUT2D eigenvalue weighted by atomic mass is 32.1. The van der Waals surface area contributed by atoms with Crippen LogP contribution in [0.1, 0.15) is 21.3 Å². The van der Waals surface area contributed by atoms with Crippen LogP contribution in [-0.2, 0) is 6.42 Å². The maximum absolute atomic E-state index is 12.0. The number of furan rings is 1. The lowest BCUT2D eigenvalue weighted by Crippen LogP contribution is -2.01. The molecule has 0 aliphatic carbocycles. The van der Waals surface area contributed by atoms with Crippen molar-refractivity contribution >= 4 is 17.1 Å². The monoisotopic (exact) mass is 283 g/mol. The van der Waals surface area contributed by atoms with Gasteiger partial charge in [0.05, 0.1) is 12.1 Å². The normalized spacial score (nSPS) is 10.7. The third kappa shape index (κ3) is 2.70. The first-order valence-corrected chi connectivity index (χ1v) is 7.20. The van der Waals surface area contributed by atoms with Crippen LogP contribution in [0.25, 0.3) is 11.3 Å². The van der Waals surface area contributed by atoms with Crippen LogP contribution in [0.15, 0.2) is 52.3 Å². The number of aromatic nitrogens is 1. The fourth-order valence-electron chi connectivity index (χ4n) is 1.94. The van der Waals surface area contributed by atoms with Gasteiger partial charge in [0.15, 0.2) is 5.76 Å². The Bertz CT molecular complexity index is 728. The minimum absolute atomic E-state index is 0.0351. The molecule has 2 heterocycles. The van der Waals surface area contributed by atoms with E-state index < -0.39 is 0 Å². The fraction of sp³-hybridized carbons (Fsp3) is 0.125. The van der Waals surface area contributed by atoms with Gasteiger partial charge in [0, 0.05) is 10.9 Å². The number of aryl methyl sites for hydroxylation is 1. The van der Waals surface area contributed by atoms with Crippen molar-refractivity contribution in [2.75, 3.05) is 0 Å². The molecule has 0 saturated heterocycles. The zero-order valence-electron chi connectivity index (χ0n) is 11.0. The Hall–Kier alpha value is -2.20. The predicted octanol–water partition coefficient (Wildman–Crippen LogP) is 4.14. The van der Waals surface area contributed by atoms with Gasteiger partial charge in [-0.05, 0) is 19.1 Å². The fourth-order valence-corrected chi connectivity index (χ4v) is 2.74. The smallest absolute Gasteiger partial charge is 0.204 e. The van der Waals surface area contributed by atoms with Gasteiger partial charge in [0.25, 0.3) is 0 Å². The summed E-state index contributed by atoms with van der Waals surface area (Å²) in [6.07, 6.45) is 0.282. The van der Waals surface area contributed by atoms with E-state index in [4.69, 9.17) is 4.42 Å². The van der Waals surface area contributed by atoms with Gasteiger partial charge in [-0.3, -0.25) is 4.79 Å². The summed E-state index contributed by atoms with van der Waals surface area (Å²) in [4.78, 5) is 16.6. The number of benzene rings is 1. The maximum Gasteiger partial charge on any atom is 0.204 e. The first-order chi connectivity index (χ1) is 9.72. The molecule has 0 radical (unpaired) electrons. The lowest BCUT2D eigenvalue weighted by atomic mass is 10.2. The van der Waals surface area contributed by atoms with E-state index in [0.717, 1.165) is 22.0 Å². The van der Waals surface area contributed by atoms with Crippen molar-refractivity contribution in [2.45, 2.75) is 13.3 Å². The van der Waals surface area contributed by atoms with Crippen LogP contribution in [0, 0.1) is 6.92 Å². The molecule has 0 N–H and O–H groups in total. The largest absolute Gasteiger partial charge is 0.458 e. The molecule has 1 aromatic carbocycles. The quantitative estimate of drug-likeness (QED) is 0.676. The summed E-state index contributed by atoms with van der Waals surface area (Å²) in [5, 5.41) is 2.79. The van der Waals surface area contributed by atoms with Crippen molar-refractivity contribution in [3.8, 4) is 11.3 Å². The molecule has 3 nitrogen and oxygen atoms in total. The van der Waals surface area contributed by atoms with Crippen LogP contribution >= 0.6 is 11.3 Å². The predicted molar refractivity (Wildman–Crippen MR) is 79.0 cm³/mol. The highest BCUT2D eigenvalue weighted by Crippen LogP contribution is 2.22. The molecule has 0 bridgehead atoms. The van der Waals surface area contributed by atoms with Crippen molar-refractivity contribution < 1.29 is 9.21 Å². The molecule has 100 valence electrons. The van der Waals surface area contributed by atoms with Crippen molar-refractivity contribution in [2.24, 2.45) is 0 Å². The number of thiazole rings is 1. The Morgan fingerprint density at radius 2 is 2.00 bits per heavy atom. The Balaban J connectivity index is 1.76. The third-order valence-electron chi connectivity index (χ3n) is 2.95. The zero-order valence-corrected chi connectivity index (χ0v) is 11.8.